The number of rotatable bonds is 9. The molecule has 494 valence electrons. The molecular formula is C92H74BN5OS3. The first-order valence-electron chi connectivity index (χ1n) is 36.9. The molecule has 6 heterocycles. The maximum Gasteiger partial charge on any atom is 0.268 e. The Bertz CT molecular complexity index is 5790. The lowest BCUT2D eigenvalue weighted by atomic mass is 9.37. The monoisotopic (exact) mass is 1370 g/mol. The molecule has 6 nitrogen and oxygen atoms in total. The van der Waals surface area contributed by atoms with Crippen molar-refractivity contribution in [1.29, 1.82) is 0 Å². The van der Waals surface area contributed by atoms with Gasteiger partial charge in [-0.15, -0.1) is 22.7 Å². The molecule has 0 spiro atoms. The van der Waals surface area contributed by atoms with Crippen LogP contribution in [0.3, 0.4) is 0 Å². The highest BCUT2D eigenvalue weighted by molar-refractivity contribution is 8.19. The largest absolute Gasteiger partial charge is 0.458 e. The Hall–Kier alpha value is -10.2. The second-order valence-electron chi connectivity index (χ2n) is 29.9. The van der Waals surface area contributed by atoms with E-state index in [-0.39, 0.29) is 6.71 Å². The quantitative estimate of drug-likeness (QED) is 0.114. The summed E-state index contributed by atoms with van der Waals surface area (Å²) in [7, 11) is -1.26. The second-order valence-corrected chi connectivity index (χ2v) is 34.4. The van der Waals surface area contributed by atoms with Crippen LogP contribution in [-0.2, 0) is 0 Å². The molecule has 14 aromatic rings. The van der Waals surface area contributed by atoms with Gasteiger partial charge >= 0.3 is 0 Å². The Kier molecular flexibility index (Phi) is 13.2. The molecule has 0 radical (unpaired) electrons. The summed E-state index contributed by atoms with van der Waals surface area (Å²) in [4.78, 5) is 15.8. The van der Waals surface area contributed by atoms with Crippen LogP contribution in [0.1, 0.15) is 120 Å². The maximum atomic E-state index is 8.08. The van der Waals surface area contributed by atoms with Gasteiger partial charge in [-0.05, 0) is 255 Å². The predicted molar refractivity (Wildman–Crippen MR) is 432 cm³/mol. The number of thiophene rings is 2. The van der Waals surface area contributed by atoms with Gasteiger partial charge in [0, 0.05) is 92.4 Å². The Morgan fingerprint density at radius 3 is 1.38 bits per heavy atom. The molecule has 10 aliphatic rings. The van der Waals surface area contributed by atoms with Crippen molar-refractivity contribution < 1.29 is 4.74 Å². The summed E-state index contributed by atoms with van der Waals surface area (Å²) in [6.45, 7) is 8.88. The van der Waals surface area contributed by atoms with Crippen molar-refractivity contribution in [3.8, 4) is 11.5 Å². The zero-order valence-corrected chi connectivity index (χ0v) is 60.2. The summed E-state index contributed by atoms with van der Waals surface area (Å²) in [5, 5.41) is 2.59. The van der Waals surface area contributed by atoms with E-state index in [1.165, 1.54) is 163 Å². The lowest BCUT2D eigenvalue weighted by molar-refractivity contribution is 0.359. The topological polar surface area (TPSA) is 25.4 Å². The van der Waals surface area contributed by atoms with Crippen molar-refractivity contribution in [2.24, 2.45) is 0 Å². The standard InChI is InChI=1S/C92H74BN5OS3/c1-54-20-8-14-28-74(54)95(75-29-15-9-21-55(75)2)65-49-80-90-81(50-65)98(64-43-45-68-59-36-40-61(41-37-59)72(68)47-64)89-70-27-13-19-33-85(70)101-92(89)102(90)86-52-73-82(53-78(86)94(80)62-24-6-5-7-25-62)99-83-51-66(96(76-30-16-10-22-56(76)3)77-31-17-11-23-57(77)4)48-79-87(83)93(73)91-88(69-26-12-18-32-84(69)100-91)97(79)63-42-44-67-58-34-38-60(39-35-58)71(67)46-63/h5-33,42-53,58-61,102H,34-41H2,1-4H3. The minimum Gasteiger partial charge on any atom is -0.458 e. The number of aryl methyl sites for hydroxylation is 4. The molecule has 2 aromatic heterocycles. The molecule has 0 saturated heterocycles. The van der Waals surface area contributed by atoms with E-state index in [4.69, 9.17) is 4.74 Å². The minimum absolute atomic E-state index is 0.157. The van der Waals surface area contributed by atoms with E-state index in [1.54, 1.807) is 22.3 Å². The molecule has 6 aliphatic carbocycles. The summed E-state index contributed by atoms with van der Waals surface area (Å²) in [6.07, 6.45) is 10.3. The van der Waals surface area contributed by atoms with E-state index in [1.807, 2.05) is 22.7 Å². The molecule has 24 rings (SSSR count). The number of ether oxygens (including phenoxy) is 1. The fourth-order valence-electron chi connectivity index (χ4n) is 19.7. The van der Waals surface area contributed by atoms with Crippen molar-refractivity contribution in [2.45, 2.75) is 117 Å². The van der Waals surface area contributed by atoms with Gasteiger partial charge in [-0.25, -0.2) is 0 Å². The number of hydrogen-bond acceptors (Lipinski definition) is 8. The van der Waals surface area contributed by atoms with E-state index in [0.717, 1.165) is 57.0 Å². The number of anilines is 15. The number of fused-ring (bicyclic) bond motifs is 16. The number of nitrogens with zero attached hydrogens (tertiary/aromatic N) is 5. The van der Waals surface area contributed by atoms with Gasteiger partial charge in [-0.1, -0.05) is 140 Å². The van der Waals surface area contributed by atoms with Crippen LogP contribution in [0.5, 0.6) is 11.5 Å². The minimum atomic E-state index is -1.26. The number of hydrogen-bond donors (Lipinski definition) is 1. The molecular weight excluding hydrogens is 1300 g/mol. The van der Waals surface area contributed by atoms with Crippen molar-refractivity contribution >= 4 is 161 Å². The maximum absolute atomic E-state index is 8.08. The normalized spacial score (nSPS) is 19.1. The molecule has 1 atom stereocenters. The third-order valence-corrected chi connectivity index (χ3v) is 29.8. The molecule has 4 bridgehead atoms. The molecule has 4 aliphatic heterocycles. The Labute approximate surface area is 607 Å². The zero-order chi connectivity index (χ0) is 67.3. The SMILES string of the molecule is Cc1ccccc1N(c1cc2c3c(c1)N(c1ccc4c(c1)C1CCC4CC1)c1c(sc4ccccc14)B3c1cc3c(cc1O2)N(c1ccccc1)c1cc(N(c2ccccc2C)c2ccccc2C)cc2c1[SH]3c1sc3ccccc3c1N2c1ccc2c(c1)C1CCC2CC1)c1ccccc1C. The summed E-state index contributed by atoms with van der Waals surface area (Å²) in [5.74, 6) is 4.21. The average Bonchev–Trinajstić information content (AvgIpc) is 1.18. The molecule has 1 unspecified atom stereocenters. The molecule has 12 aromatic carbocycles. The Morgan fingerprint density at radius 2 is 0.833 bits per heavy atom. The van der Waals surface area contributed by atoms with Gasteiger partial charge in [0.05, 0.1) is 44.0 Å². The summed E-state index contributed by atoms with van der Waals surface area (Å²) >= 11 is 3.99. The van der Waals surface area contributed by atoms with Crippen LogP contribution in [-0.4, -0.2) is 6.71 Å². The summed E-state index contributed by atoms with van der Waals surface area (Å²) < 4.78 is 13.5. The third-order valence-electron chi connectivity index (χ3n) is 24.4. The van der Waals surface area contributed by atoms with E-state index in [0.29, 0.717) is 23.7 Å². The zero-order valence-electron chi connectivity index (χ0n) is 57.6. The van der Waals surface area contributed by atoms with Crippen LogP contribution in [0.2, 0.25) is 0 Å². The fourth-order valence-corrected chi connectivity index (χ4v) is 25.7. The number of para-hydroxylation sites is 5. The van der Waals surface area contributed by atoms with Gasteiger partial charge in [0.25, 0.3) is 6.71 Å². The molecule has 102 heavy (non-hydrogen) atoms. The number of benzene rings is 12. The van der Waals surface area contributed by atoms with Gasteiger partial charge in [0.1, 0.15) is 11.5 Å². The van der Waals surface area contributed by atoms with Crippen LogP contribution in [0.4, 0.5) is 85.3 Å². The van der Waals surface area contributed by atoms with Crippen LogP contribution in [0.25, 0.3) is 20.2 Å². The van der Waals surface area contributed by atoms with Gasteiger partial charge in [-0.3, -0.25) is 0 Å². The van der Waals surface area contributed by atoms with Gasteiger partial charge in [-0.2, -0.15) is 10.9 Å². The van der Waals surface area contributed by atoms with Gasteiger partial charge in [0.2, 0.25) is 0 Å². The van der Waals surface area contributed by atoms with Gasteiger partial charge in [0.15, 0.2) is 0 Å². The molecule has 10 heteroatoms. The van der Waals surface area contributed by atoms with E-state index < -0.39 is 10.9 Å². The third kappa shape index (κ3) is 8.66. The van der Waals surface area contributed by atoms with Crippen LogP contribution in [0.15, 0.2) is 263 Å². The van der Waals surface area contributed by atoms with E-state index in [2.05, 4.69) is 301 Å². The van der Waals surface area contributed by atoms with Gasteiger partial charge < -0.3 is 29.2 Å². The van der Waals surface area contributed by atoms with E-state index >= 15 is 0 Å². The molecule has 2 fully saturated rings. The lowest BCUT2D eigenvalue weighted by Crippen LogP contribution is -2.58. The second kappa shape index (κ2) is 22.6. The summed E-state index contributed by atoms with van der Waals surface area (Å²) in [6, 6.07) is 96.0. The smallest absolute Gasteiger partial charge is 0.268 e. The first kappa shape index (κ1) is 59.5. The highest BCUT2D eigenvalue weighted by Gasteiger charge is 2.49. The summed E-state index contributed by atoms with van der Waals surface area (Å²) in [5.41, 5.74) is 31.2. The predicted octanol–water partition coefficient (Wildman–Crippen LogP) is 25.2. The van der Waals surface area contributed by atoms with Crippen LogP contribution in [0, 0.1) is 27.7 Å². The van der Waals surface area contributed by atoms with E-state index in [9.17, 15) is 0 Å². The van der Waals surface area contributed by atoms with Crippen molar-refractivity contribution in [2.75, 3.05) is 24.5 Å². The lowest BCUT2D eigenvalue weighted by Gasteiger charge is -2.47. The highest BCUT2D eigenvalue weighted by Crippen LogP contribution is 2.75. The van der Waals surface area contributed by atoms with Crippen LogP contribution < -0.4 is 44.9 Å². The molecule has 0 N–H and O–H groups in total. The first-order chi connectivity index (χ1) is 50.2. The first-order valence-corrected chi connectivity index (χ1v) is 39.8. The Balaban J connectivity index is 0.840. The number of thiol groups is 1. The van der Waals surface area contributed by atoms with Crippen LogP contribution >= 0.6 is 33.6 Å². The van der Waals surface area contributed by atoms with Crippen molar-refractivity contribution in [3.63, 3.8) is 0 Å². The highest BCUT2D eigenvalue weighted by atomic mass is 32.2. The fraction of sp³-hybridized carbons (Fsp3) is 0.174. The van der Waals surface area contributed by atoms with Crippen molar-refractivity contribution in [3.05, 3.63) is 293 Å². The average molecular weight is 1370 g/mol. The van der Waals surface area contributed by atoms with Crippen molar-refractivity contribution in [1.82, 2.24) is 0 Å². The molecule has 2 saturated carbocycles. The Morgan fingerprint density at radius 1 is 0.382 bits per heavy atom. The molecule has 0 amide bonds.